The van der Waals surface area contributed by atoms with Gasteiger partial charge < -0.3 is 4.74 Å². The number of hydrogen-bond acceptors (Lipinski definition) is 3. The molecule has 0 aromatic heterocycles. The SMILES string of the molecule is COc1ccc(C(=O)C(=O)C(C)C)cc1Br. The Kier molecular flexibility index (Phi) is 4.24. The lowest BCUT2D eigenvalue weighted by Crippen LogP contribution is -2.19. The molecule has 0 saturated heterocycles. The summed E-state index contributed by atoms with van der Waals surface area (Å²) in [5.74, 6) is -0.489. The minimum atomic E-state index is -0.460. The van der Waals surface area contributed by atoms with E-state index in [9.17, 15) is 9.59 Å². The summed E-state index contributed by atoms with van der Waals surface area (Å²) in [5, 5.41) is 0. The van der Waals surface area contributed by atoms with Gasteiger partial charge in [-0.05, 0) is 34.1 Å². The molecule has 0 radical (unpaired) electrons. The van der Waals surface area contributed by atoms with Gasteiger partial charge in [-0.15, -0.1) is 0 Å². The van der Waals surface area contributed by atoms with E-state index in [1.54, 1.807) is 39.2 Å². The van der Waals surface area contributed by atoms with E-state index >= 15 is 0 Å². The van der Waals surface area contributed by atoms with E-state index < -0.39 is 5.78 Å². The highest BCUT2D eigenvalue weighted by Gasteiger charge is 2.20. The molecule has 0 atom stereocenters. The Morgan fingerprint density at radius 1 is 1.31 bits per heavy atom. The van der Waals surface area contributed by atoms with Crippen LogP contribution in [-0.4, -0.2) is 18.7 Å². The lowest BCUT2D eigenvalue weighted by molar-refractivity contribution is -0.117. The first-order valence-electron chi connectivity index (χ1n) is 4.89. The van der Waals surface area contributed by atoms with Crippen LogP contribution >= 0.6 is 15.9 Å². The molecule has 16 heavy (non-hydrogen) atoms. The summed E-state index contributed by atoms with van der Waals surface area (Å²) < 4.78 is 5.71. The van der Waals surface area contributed by atoms with Crippen molar-refractivity contribution in [3.63, 3.8) is 0 Å². The molecule has 1 aromatic rings. The van der Waals surface area contributed by atoms with E-state index in [-0.39, 0.29) is 11.7 Å². The molecule has 1 aromatic carbocycles. The highest BCUT2D eigenvalue weighted by atomic mass is 79.9. The van der Waals surface area contributed by atoms with Crippen molar-refractivity contribution < 1.29 is 14.3 Å². The van der Waals surface area contributed by atoms with Crippen LogP contribution in [0.4, 0.5) is 0 Å². The number of rotatable bonds is 4. The molecule has 4 heteroatoms. The fourth-order valence-corrected chi connectivity index (χ4v) is 1.75. The highest BCUT2D eigenvalue weighted by molar-refractivity contribution is 9.10. The van der Waals surface area contributed by atoms with E-state index in [0.29, 0.717) is 15.8 Å². The Morgan fingerprint density at radius 2 is 1.94 bits per heavy atom. The predicted molar refractivity (Wildman–Crippen MR) is 64.9 cm³/mol. The second-order valence-corrected chi connectivity index (χ2v) is 4.55. The highest BCUT2D eigenvalue weighted by Crippen LogP contribution is 2.26. The Bertz CT molecular complexity index is 424. The third-order valence-corrected chi connectivity index (χ3v) is 2.78. The van der Waals surface area contributed by atoms with Crippen LogP contribution in [0.25, 0.3) is 0 Å². The monoisotopic (exact) mass is 284 g/mol. The van der Waals surface area contributed by atoms with Gasteiger partial charge in [0, 0.05) is 11.5 Å². The smallest absolute Gasteiger partial charge is 0.228 e. The molecule has 0 bridgehead atoms. The van der Waals surface area contributed by atoms with Crippen molar-refractivity contribution in [1.82, 2.24) is 0 Å². The lowest BCUT2D eigenvalue weighted by Gasteiger charge is -2.06. The van der Waals surface area contributed by atoms with E-state index in [2.05, 4.69) is 15.9 Å². The largest absolute Gasteiger partial charge is 0.496 e. The molecule has 86 valence electrons. The number of hydrogen-bond donors (Lipinski definition) is 0. The van der Waals surface area contributed by atoms with Crippen LogP contribution in [0.2, 0.25) is 0 Å². The summed E-state index contributed by atoms with van der Waals surface area (Å²) in [6.07, 6.45) is 0. The Balaban J connectivity index is 3.02. The van der Waals surface area contributed by atoms with Crippen molar-refractivity contribution >= 4 is 27.5 Å². The minimum absolute atomic E-state index is 0.284. The second kappa shape index (κ2) is 5.25. The molecule has 0 aliphatic carbocycles. The Morgan fingerprint density at radius 3 is 2.38 bits per heavy atom. The molecule has 0 aliphatic heterocycles. The minimum Gasteiger partial charge on any atom is -0.496 e. The number of Topliss-reactive ketones (excluding diaryl/α,β-unsaturated/α-hetero) is 2. The van der Waals surface area contributed by atoms with Gasteiger partial charge in [0.15, 0.2) is 0 Å². The molecule has 0 amide bonds. The molecule has 0 aliphatic rings. The molecule has 1 rings (SSSR count). The lowest BCUT2D eigenvalue weighted by atomic mass is 10.00. The molecule has 3 nitrogen and oxygen atoms in total. The average molecular weight is 285 g/mol. The molecule has 0 N–H and O–H groups in total. The maximum absolute atomic E-state index is 11.7. The van der Waals surface area contributed by atoms with Crippen LogP contribution in [-0.2, 0) is 4.79 Å². The molecule has 0 saturated carbocycles. The first-order valence-corrected chi connectivity index (χ1v) is 5.68. The zero-order valence-corrected chi connectivity index (χ0v) is 11.0. The van der Waals surface area contributed by atoms with Crippen LogP contribution in [0.3, 0.4) is 0 Å². The van der Waals surface area contributed by atoms with Gasteiger partial charge in [-0.3, -0.25) is 9.59 Å². The molecule has 0 unspecified atom stereocenters. The zero-order chi connectivity index (χ0) is 12.3. The Hall–Kier alpha value is -1.16. The molecular formula is C12H13BrO3. The van der Waals surface area contributed by atoms with E-state index in [1.807, 2.05) is 0 Å². The maximum atomic E-state index is 11.7. The topological polar surface area (TPSA) is 43.4 Å². The fourth-order valence-electron chi connectivity index (χ4n) is 1.21. The van der Waals surface area contributed by atoms with Crippen molar-refractivity contribution in [3.05, 3.63) is 28.2 Å². The summed E-state index contributed by atoms with van der Waals surface area (Å²) in [6, 6.07) is 4.85. The zero-order valence-electron chi connectivity index (χ0n) is 9.41. The van der Waals surface area contributed by atoms with Gasteiger partial charge in [0.1, 0.15) is 5.75 Å². The number of ketones is 2. The standard InChI is InChI=1S/C12H13BrO3/c1-7(2)11(14)12(15)8-4-5-10(16-3)9(13)6-8/h4-7H,1-3H3. The van der Waals surface area contributed by atoms with Gasteiger partial charge in [-0.1, -0.05) is 13.8 Å². The van der Waals surface area contributed by atoms with E-state index in [4.69, 9.17) is 4.74 Å². The summed E-state index contributed by atoms with van der Waals surface area (Å²) >= 11 is 3.27. The summed E-state index contributed by atoms with van der Waals surface area (Å²) in [5.41, 5.74) is 0.381. The number of halogens is 1. The van der Waals surface area contributed by atoms with E-state index in [0.717, 1.165) is 0 Å². The van der Waals surface area contributed by atoms with E-state index in [1.165, 1.54) is 0 Å². The number of benzene rings is 1. The van der Waals surface area contributed by atoms with Crippen molar-refractivity contribution in [3.8, 4) is 5.75 Å². The molecule has 0 fully saturated rings. The first-order chi connectivity index (χ1) is 7.47. The average Bonchev–Trinajstić information content (AvgIpc) is 2.26. The van der Waals surface area contributed by atoms with Crippen molar-refractivity contribution in [1.29, 1.82) is 0 Å². The van der Waals surface area contributed by atoms with Gasteiger partial charge >= 0.3 is 0 Å². The van der Waals surface area contributed by atoms with Crippen LogP contribution < -0.4 is 4.74 Å². The van der Waals surface area contributed by atoms with Gasteiger partial charge in [0.25, 0.3) is 0 Å². The number of carbonyl (C=O) groups excluding carboxylic acids is 2. The summed E-state index contributed by atoms with van der Waals surface area (Å²) in [7, 11) is 1.54. The molecular weight excluding hydrogens is 272 g/mol. The van der Waals surface area contributed by atoms with Gasteiger partial charge in [0.05, 0.1) is 11.6 Å². The van der Waals surface area contributed by atoms with Crippen LogP contribution in [0.15, 0.2) is 22.7 Å². The van der Waals surface area contributed by atoms with Crippen molar-refractivity contribution in [2.45, 2.75) is 13.8 Å². The quantitative estimate of drug-likeness (QED) is 0.631. The van der Waals surface area contributed by atoms with Crippen LogP contribution in [0, 0.1) is 5.92 Å². The van der Waals surface area contributed by atoms with Crippen molar-refractivity contribution in [2.75, 3.05) is 7.11 Å². The Labute approximate surface area is 103 Å². The number of ether oxygens (including phenoxy) is 1. The normalized spacial score (nSPS) is 10.3. The predicted octanol–water partition coefficient (Wildman–Crippen LogP) is 2.87. The van der Waals surface area contributed by atoms with Gasteiger partial charge in [0.2, 0.25) is 11.6 Å². The third kappa shape index (κ3) is 2.70. The first kappa shape index (κ1) is 12.9. The summed E-state index contributed by atoms with van der Waals surface area (Å²) in [6.45, 7) is 3.41. The fraction of sp³-hybridized carbons (Fsp3) is 0.333. The molecule has 0 spiro atoms. The maximum Gasteiger partial charge on any atom is 0.228 e. The third-order valence-electron chi connectivity index (χ3n) is 2.16. The van der Waals surface area contributed by atoms with Crippen LogP contribution in [0.1, 0.15) is 24.2 Å². The molecule has 0 heterocycles. The van der Waals surface area contributed by atoms with Crippen LogP contribution in [0.5, 0.6) is 5.75 Å². The number of carbonyl (C=O) groups is 2. The van der Waals surface area contributed by atoms with Gasteiger partial charge in [-0.25, -0.2) is 0 Å². The second-order valence-electron chi connectivity index (χ2n) is 3.70. The van der Waals surface area contributed by atoms with Crippen molar-refractivity contribution in [2.24, 2.45) is 5.92 Å². The number of methoxy groups -OCH3 is 1. The summed E-state index contributed by atoms with van der Waals surface area (Å²) in [4.78, 5) is 23.2. The van der Waals surface area contributed by atoms with Gasteiger partial charge in [-0.2, -0.15) is 0 Å².